The fourth-order valence-electron chi connectivity index (χ4n) is 4.13. The highest BCUT2D eigenvalue weighted by atomic mass is 19.3. The lowest BCUT2D eigenvalue weighted by Gasteiger charge is -2.26. The SMILES string of the molecule is C#C.CC(C)(C)O.Cn1c(CC(=O)O)c(-c2ccc3c(c2)CCCC3(F)F)c2ccccc2c1=O. The molecule has 2 N–H and O–H groups in total. The lowest BCUT2D eigenvalue weighted by molar-refractivity contribution is -0.136. The predicted octanol–water partition coefficient (Wildman–Crippen LogP) is 5.29. The summed E-state index contributed by atoms with van der Waals surface area (Å²) in [6, 6.07) is 11.8. The molecule has 0 saturated heterocycles. The van der Waals surface area contributed by atoms with Gasteiger partial charge in [0.25, 0.3) is 11.5 Å². The Bertz CT molecular complexity index is 1290. The average Bonchev–Trinajstić information content (AvgIpc) is 2.77. The van der Waals surface area contributed by atoms with Crippen molar-refractivity contribution in [3.05, 3.63) is 69.6 Å². The Morgan fingerprint density at radius 2 is 1.69 bits per heavy atom. The number of hydrogen-bond donors (Lipinski definition) is 2. The molecule has 2 aromatic carbocycles. The number of aryl methyl sites for hydroxylation is 1. The molecule has 1 aliphatic carbocycles. The molecule has 4 rings (SSSR count). The minimum Gasteiger partial charge on any atom is -0.481 e. The topological polar surface area (TPSA) is 79.5 Å². The quantitative estimate of drug-likeness (QED) is 0.497. The molecule has 0 saturated carbocycles. The van der Waals surface area contributed by atoms with Crippen LogP contribution < -0.4 is 5.56 Å². The van der Waals surface area contributed by atoms with E-state index in [1.807, 2.05) is 0 Å². The molecule has 0 atom stereocenters. The standard InChI is InChI=1S/C22H19F2NO3.C4H10O.C2H2/c1-25-18(12-19(26)27)20(15-6-2-3-7-16(15)21(25)28)14-8-9-17-13(11-14)5-4-10-22(17,23)24;1-4(2,3)5;1-2/h2-3,6-9,11H,4-5,10,12H2,1H3,(H,26,27);5H,1-3H3;1-2H. The maximum atomic E-state index is 14.2. The molecule has 1 aliphatic rings. The molecule has 7 heteroatoms. The summed E-state index contributed by atoms with van der Waals surface area (Å²) in [4.78, 5) is 24.2. The second-order valence-electron chi connectivity index (χ2n) is 9.40. The molecular weight excluding hydrogens is 452 g/mol. The Balaban J connectivity index is 0.000000551. The van der Waals surface area contributed by atoms with Crippen LogP contribution in [0, 0.1) is 12.8 Å². The smallest absolute Gasteiger partial charge is 0.309 e. The maximum Gasteiger partial charge on any atom is 0.309 e. The van der Waals surface area contributed by atoms with Crippen molar-refractivity contribution >= 4 is 16.7 Å². The normalized spacial score (nSPS) is 14.1. The fourth-order valence-corrected chi connectivity index (χ4v) is 4.13. The number of halogens is 2. The number of aliphatic hydroxyl groups is 1. The number of aromatic nitrogens is 1. The Morgan fingerprint density at radius 1 is 1.11 bits per heavy atom. The molecule has 0 spiro atoms. The molecule has 186 valence electrons. The van der Waals surface area contributed by atoms with Crippen LogP contribution in [0.15, 0.2) is 47.3 Å². The first-order chi connectivity index (χ1) is 16.3. The summed E-state index contributed by atoms with van der Waals surface area (Å²) < 4.78 is 29.8. The van der Waals surface area contributed by atoms with Gasteiger partial charge in [-0.15, -0.1) is 12.8 Å². The number of terminal acetylenes is 1. The van der Waals surface area contributed by atoms with E-state index >= 15 is 0 Å². The van der Waals surface area contributed by atoms with Gasteiger partial charge in [0.2, 0.25) is 0 Å². The van der Waals surface area contributed by atoms with Gasteiger partial charge in [0, 0.05) is 35.7 Å². The first-order valence-corrected chi connectivity index (χ1v) is 11.2. The predicted molar refractivity (Wildman–Crippen MR) is 135 cm³/mol. The van der Waals surface area contributed by atoms with Crippen LogP contribution in [0.25, 0.3) is 21.9 Å². The first kappa shape index (κ1) is 27.7. The van der Waals surface area contributed by atoms with Crippen molar-refractivity contribution in [1.29, 1.82) is 0 Å². The number of carbonyl (C=O) groups is 1. The van der Waals surface area contributed by atoms with Gasteiger partial charge in [-0.25, -0.2) is 8.78 Å². The minimum absolute atomic E-state index is 0.0383. The van der Waals surface area contributed by atoms with Crippen LogP contribution in [-0.2, 0) is 30.6 Å². The van der Waals surface area contributed by atoms with Crippen molar-refractivity contribution in [3.8, 4) is 24.0 Å². The van der Waals surface area contributed by atoms with E-state index in [1.54, 1.807) is 64.2 Å². The molecule has 0 radical (unpaired) electrons. The van der Waals surface area contributed by atoms with Crippen LogP contribution in [0.4, 0.5) is 8.78 Å². The van der Waals surface area contributed by atoms with E-state index < -0.39 is 17.5 Å². The van der Waals surface area contributed by atoms with Crippen LogP contribution in [-0.4, -0.2) is 26.4 Å². The molecule has 5 nitrogen and oxygen atoms in total. The Kier molecular flexibility index (Phi) is 8.59. The Labute approximate surface area is 204 Å². The lowest BCUT2D eigenvalue weighted by Crippen LogP contribution is -2.24. The summed E-state index contributed by atoms with van der Waals surface area (Å²) in [5, 5.41) is 19.0. The number of benzene rings is 2. The highest BCUT2D eigenvalue weighted by Gasteiger charge is 2.36. The molecule has 0 amide bonds. The van der Waals surface area contributed by atoms with Gasteiger partial charge in [0.1, 0.15) is 0 Å². The van der Waals surface area contributed by atoms with E-state index in [9.17, 15) is 23.5 Å². The number of aliphatic carboxylic acids is 1. The second kappa shape index (κ2) is 10.8. The highest BCUT2D eigenvalue weighted by Crippen LogP contribution is 2.42. The Hall–Kier alpha value is -3.50. The van der Waals surface area contributed by atoms with Crippen molar-refractivity contribution < 1.29 is 23.8 Å². The van der Waals surface area contributed by atoms with E-state index in [2.05, 4.69) is 12.8 Å². The van der Waals surface area contributed by atoms with Crippen molar-refractivity contribution in [3.63, 3.8) is 0 Å². The summed E-state index contributed by atoms with van der Waals surface area (Å²) in [7, 11) is 1.54. The third-order valence-electron chi connectivity index (χ3n) is 5.47. The zero-order valence-corrected chi connectivity index (χ0v) is 20.4. The summed E-state index contributed by atoms with van der Waals surface area (Å²) in [5.74, 6) is -3.90. The van der Waals surface area contributed by atoms with Gasteiger partial charge < -0.3 is 14.8 Å². The van der Waals surface area contributed by atoms with E-state index in [1.165, 1.54) is 10.6 Å². The lowest BCUT2D eigenvalue weighted by atomic mass is 9.85. The van der Waals surface area contributed by atoms with Gasteiger partial charge in [-0.2, -0.15) is 0 Å². The number of alkyl halides is 2. The van der Waals surface area contributed by atoms with Crippen LogP contribution in [0.3, 0.4) is 0 Å². The molecule has 1 aromatic heterocycles. The van der Waals surface area contributed by atoms with Crippen molar-refractivity contribution in [2.24, 2.45) is 7.05 Å². The maximum absolute atomic E-state index is 14.2. The zero-order chi connectivity index (χ0) is 26.6. The third kappa shape index (κ3) is 6.55. The van der Waals surface area contributed by atoms with Crippen molar-refractivity contribution in [1.82, 2.24) is 4.57 Å². The van der Waals surface area contributed by atoms with Gasteiger partial charge in [0.05, 0.1) is 12.0 Å². The number of fused-ring (bicyclic) bond motifs is 2. The van der Waals surface area contributed by atoms with E-state index in [4.69, 9.17) is 5.11 Å². The van der Waals surface area contributed by atoms with E-state index in [0.717, 1.165) is 0 Å². The van der Waals surface area contributed by atoms with Crippen molar-refractivity contribution in [2.45, 2.75) is 58.0 Å². The van der Waals surface area contributed by atoms with Gasteiger partial charge in [-0.05, 0) is 56.2 Å². The number of carboxylic acid groups (broad SMARTS) is 1. The van der Waals surface area contributed by atoms with Crippen LogP contribution in [0.5, 0.6) is 0 Å². The molecule has 0 bridgehead atoms. The van der Waals surface area contributed by atoms with Crippen molar-refractivity contribution in [2.75, 3.05) is 0 Å². The summed E-state index contributed by atoms with van der Waals surface area (Å²) in [5.41, 5.74) is 1.46. The number of pyridine rings is 1. The Morgan fingerprint density at radius 3 is 2.26 bits per heavy atom. The fraction of sp³-hybridized carbons (Fsp3) is 0.357. The first-order valence-electron chi connectivity index (χ1n) is 11.2. The molecule has 35 heavy (non-hydrogen) atoms. The number of nitrogens with zero attached hydrogens (tertiary/aromatic N) is 1. The summed E-state index contributed by atoms with van der Waals surface area (Å²) in [6.45, 7) is 5.23. The van der Waals surface area contributed by atoms with E-state index in [0.29, 0.717) is 46.0 Å². The summed E-state index contributed by atoms with van der Waals surface area (Å²) >= 11 is 0. The number of hydrogen-bond acceptors (Lipinski definition) is 3. The van der Waals surface area contributed by atoms with Gasteiger partial charge in [-0.1, -0.05) is 36.4 Å². The largest absolute Gasteiger partial charge is 0.481 e. The van der Waals surface area contributed by atoms with Gasteiger partial charge in [0.15, 0.2) is 0 Å². The summed E-state index contributed by atoms with van der Waals surface area (Å²) in [6.07, 6.45) is 8.46. The molecule has 0 aliphatic heterocycles. The highest BCUT2D eigenvalue weighted by molar-refractivity contribution is 5.98. The third-order valence-corrected chi connectivity index (χ3v) is 5.47. The minimum atomic E-state index is -2.85. The second-order valence-corrected chi connectivity index (χ2v) is 9.40. The number of carboxylic acids is 1. The van der Waals surface area contributed by atoms with E-state index in [-0.39, 0.29) is 24.0 Å². The van der Waals surface area contributed by atoms with Crippen LogP contribution in [0.1, 0.15) is 50.4 Å². The van der Waals surface area contributed by atoms with Crippen LogP contribution in [0.2, 0.25) is 0 Å². The molecule has 3 aromatic rings. The molecular formula is C28H31F2NO4. The zero-order valence-electron chi connectivity index (χ0n) is 20.4. The number of rotatable bonds is 3. The van der Waals surface area contributed by atoms with Gasteiger partial charge in [-0.3, -0.25) is 9.59 Å². The monoisotopic (exact) mass is 483 g/mol. The molecule has 0 fully saturated rings. The van der Waals surface area contributed by atoms with Gasteiger partial charge >= 0.3 is 5.97 Å². The molecule has 0 unspecified atom stereocenters. The molecule has 1 heterocycles. The average molecular weight is 484 g/mol. The van der Waals surface area contributed by atoms with Crippen LogP contribution >= 0.6 is 0 Å².